The van der Waals surface area contributed by atoms with Crippen molar-refractivity contribution in [1.82, 2.24) is 9.55 Å². The second-order valence-corrected chi connectivity index (χ2v) is 2.89. The molecule has 0 atom stereocenters. The van der Waals surface area contributed by atoms with Gasteiger partial charge >= 0.3 is 29.6 Å². The molecule has 1 aromatic heterocycles. The second-order valence-electron chi connectivity index (χ2n) is 2.89. The zero-order valence-corrected chi connectivity index (χ0v) is 10.3. The van der Waals surface area contributed by atoms with E-state index in [1.807, 2.05) is 0 Å². The van der Waals surface area contributed by atoms with Crippen molar-refractivity contribution in [2.75, 3.05) is 0 Å². The smallest absolute Gasteiger partial charge is 0.542 e. The number of nitrogens with zero attached hydrogens (tertiary/aromatic N) is 2. The van der Waals surface area contributed by atoms with Crippen LogP contribution in [0.5, 0.6) is 0 Å². The van der Waals surface area contributed by atoms with Crippen LogP contribution in [0.4, 0.5) is 4.39 Å². The maximum Gasteiger partial charge on any atom is 1.00 e. The van der Waals surface area contributed by atoms with Crippen LogP contribution in [0, 0.1) is 5.82 Å². The first-order chi connectivity index (χ1) is 6.61. The van der Waals surface area contributed by atoms with Crippen molar-refractivity contribution in [2.24, 2.45) is 7.05 Å². The number of carbonyl (C=O) groups is 1. The first kappa shape index (κ1) is 12.2. The number of rotatable bonds is 1. The molecule has 1 heterocycles. The van der Waals surface area contributed by atoms with E-state index < -0.39 is 11.8 Å². The number of aromatic carboxylic acids is 1. The van der Waals surface area contributed by atoms with Gasteiger partial charge in [0.05, 0.1) is 5.52 Å². The molecule has 4 nitrogen and oxygen atoms in total. The molecular formula is C9H6FN2NaO2. The molecule has 0 aliphatic heterocycles. The molecule has 1 aromatic carbocycles. The van der Waals surface area contributed by atoms with Crippen LogP contribution in [0.25, 0.3) is 11.0 Å². The van der Waals surface area contributed by atoms with Crippen molar-refractivity contribution in [3.63, 3.8) is 0 Å². The Morgan fingerprint density at radius 1 is 1.53 bits per heavy atom. The Balaban J connectivity index is 0.00000112. The number of hydrogen-bond donors (Lipinski definition) is 0. The molecule has 0 N–H and O–H groups in total. The van der Waals surface area contributed by atoms with E-state index in [0.717, 1.165) is 0 Å². The van der Waals surface area contributed by atoms with Gasteiger partial charge in [-0.15, -0.1) is 0 Å². The van der Waals surface area contributed by atoms with Gasteiger partial charge in [0.2, 0.25) is 0 Å². The number of benzene rings is 1. The minimum atomic E-state index is -1.41. The zero-order valence-electron chi connectivity index (χ0n) is 8.32. The predicted molar refractivity (Wildman–Crippen MR) is 45.0 cm³/mol. The van der Waals surface area contributed by atoms with Gasteiger partial charge in [0.15, 0.2) is 11.6 Å². The van der Waals surface area contributed by atoms with Crippen molar-refractivity contribution in [2.45, 2.75) is 0 Å². The quantitative estimate of drug-likeness (QED) is 0.480. The third-order valence-electron chi connectivity index (χ3n) is 2.04. The topological polar surface area (TPSA) is 58.0 Å². The molecule has 0 saturated heterocycles. The molecule has 0 aliphatic carbocycles. The number of fused-ring (bicyclic) bond motifs is 1. The van der Waals surface area contributed by atoms with Gasteiger partial charge in [-0.25, -0.2) is 9.37 Å². The maximum absolute atomic E-state index is 13.2. The molecule has 0 fully saturated rings. The molecule has 0 aliphatic rings. The van der Waals surface area contributed by atoms with Crippen LogP contribution in [0.15, 0.2) is 18.2 Å². The van der Waals surface area contributed by atoms with Crippen LogP contribution in [-0.2, 0) is 7.05 Å². The Labute approximate surface area is 107 Å². The van der Waals surface area contributed by atoms with Crippen molar-refractivity contribution < 1.29 is 43.8 Å². The molecule has 0 unspecified atom stereocenters. The maximum atomic E-state index is 13.2. The molecule has 2 rings (SSSR count). The van der Waals surface area contributed by atoms with Gasteiger partial charge in [0.25, 0.3) is 0 Å². The summed E-state index contributed by atoms with van der Waals surface area (Å²) in [6.45, 7) is 0. The summed E-state index contributed by atoms with van der Waals surface area (Å²) in [7, 11) is 1.50. The van der Waals surface area contributed by atoms with E-state index in [4.69, 9.17) is 0 Å². The number of imidazole rings is 1. The Bertz CT molecular complexity index is 524. The number of halogens is 1. The minimum absolute atomic E-state index is 0. The number of aromatic nitrogens is 2. The monoisotopic (exact) mass is 216 g/mol. The average Bonchev–Trinajstić information content (AvgIpc) is 2.46. The summed E-state index contributed by atoms with van der Waals surface area (Å²) < 4.78 is 14.4. The zero-order chi connectivity index (χ0) is 10.3. The number of carboxylic acids is 1. The molecular weight excluding hydrogens is 210 g/mol. The van der Waals surface area contributed by atoms with Crippen LogP contribution in [0.2, 0.25) is 0 Å². The van der Waals surface area contributed by atoms with E-state index in [0.29, 0.717) is 5.52 Å². The predicted octanol–water partition coefficient (Wildman–Crippen LogP) is -2.92. The molecule has 0 radical (unpaired) electrons. The van der Waals surface area contributed by atoms with Gasteiger partial charge < -0.3 is 14.5 Å². The van der Waals surface area contributed by atoms with Gasteiger partial charge in [-0.1, -0.05) is 6.07 Å². The second kappa shape index (κ2) is 4.30. The van der Waals surface area contributed by atoms with Crippen molar-refractivity contribution >= 4 is 17.0 Å². The Kier molecular flexibility index (Phi) is 3.49. The van der Waals surface area contributed by atoms with E-state index in [2.05, 4.69) is 4.98 Å². The summed E-state index contributed by atoms with van der Waals surface area (Å²) in [6.07, 6.45) is 0. The third-order valence-corrected chi connectivity index (χ3v) is 2.04. The van der Waals surface area contributed by atoms with E-state index in [9.17, 15) is 14.3 Å². The van der Waals surface area contributed by atoms with Crippen LogP contribution < -0.4 is 34.7 Å². The van der Waals surface area contributed by atoms with Crippen LogP contribution >= 0.6 is 0 Å². The molecule has 72 valence electrons. The van der Waals surface area contributed by atoms with Crippen LogP contribution in [0.3, 0.4) is 0 Å². The largest absolute Gasteiger partial charge is 1.00 e. The third kappa shape index (κ3) is 1.90. The van der Waals surface area contributed by atoms with Gasteiger partial charge in [-0.3, -0.25) is 0 Å². The van der Waals surface area contributed by atoms with E-state index in [1.165, 1.54) is 23.7 Å². The Morgan fingerprint density at radius 3 is 2.73 bits per heavy atom. The first-order valence-corrected chi connectivity index (χ1v) is 3.93. The number of carbonyl (C=O) groups excluding carboxylic acids is 1. The summed E-state index contributed by atoms with van der Waals surface area (Å²) >= 11 is 0. The van der Waals surface area contributed by atoms with Gasteiger partial charge in [0, 0.05) is 7.05 Å². The summed E-state index contributed by atoms with van der Waals surface area (Å²) in [6, 6.07) is 4.32. The van der Waals surface area contributed by atoms with Gasteiger partial charge in [0.1, 0.15) is 11.5 Å². The van der Waals surface area contributed by atoms with Crippen molar-refractivity contribution in [3.05, 3.63) is 29.8 Å². The molecule has 0 spiro atoms. The van der Waals surface area contributed by atoms with E-state index in [-0.39, 0.29) is 40.9 Å². The SMILES string of the molecule is Cn1c(C(=O)[O-])nc2c(F)cccc21.[Na+]. The number of aryl methyl sites for hydroxylation is 1. The number of para-hydroxylation sites is 1. The molecule has 2 aromatic rings. The fraction of sp³-hybridized carbons (Fsp3) is 0.111. The summed E-state index contributed by atoms with van der Waals surface area (Å²) in [4.78, 5) is 14.2. The summed E-state index contributed by atoms with van der Waals surface area (Å²) in [5.74, 6) is -2.22. The van der Waals surface area contributed by atoms with Crippen molar-refractivity contribution in [1.29, 1.82) is 0 Å². The van der Waals surface area contributed by atoms with Crippen LogP contribution in [-0.4, -0.2) is 15.5 Å². The Morgan fingerprint density at radius 2 is 2.20 bits per heavy atom. The van der Waals surface area contributed by atoms with Gasteiger partial charge in [-0.2, -0.15) is 0 Å². The number of carboxylic acid groups (broad SMARTS) is 1. The van der Waals surface area contributed by atoms with Crippen molar-refractivity contribution in [3.8, 4) is 0 Å². The number of hydrogen-bond acceptors (Lipinski definition) is 3. The molecule has 15 heavy (non-hydrogen) atoms. The standard InChI is InChI=1S/C9H7FN2O2.Na/c1-12-6-4-2-3-5(10)7(6)11-8(12)9(13)14;/h2-4H,1H3,(H,13,14);/q;+1/p-1. The normalized spacial score (nSPS) is 10.0. The first-order valence-electron chi connectivity index (χ1n) is 3.93. The average molecular weight is 216 g/mol. The molecule has 0 amide bonds. The summed E-state index contributed by atoms with van der Waals surface area (Å²) in [5.41, 5.74) is 0.485. The molecule has 0 saturated carbocycles. The van der Waals surface area contributed by atoms with Gasteiger partial charge in [-0.05, 0) is 12.1 Å². The summed E-state index contributed by atoms with van der Waals surface area (Å²) in [5, 5.41) is 10.6. The fourth-order valence-corrected chi connectivity index (χ4v) is 1.36. The van der Waals surface area contributed by atoms with E-state index in [1.54, 1.807) is 6.07 Å². The van der Waals surface area contributed by atoms with Crippen LogP contribution in [0.1, 0.15) is 10.6 Å². The minimum Gasteiger partial charge on any atom is -0.542 e. The van der Waals surface area contributed by atoms with E-state index >= 15 is 0 Å². The Hall–Kier alpha value is -0.910. The molecule has 0 bridgehead atoms. The fourth-order valence-electron chi connectivity index (χ4n) is 1.36. The molecule has 6 heteroatoms.